The topological polar surface area (TPSA) is 35.2 Å². The quantitative estimate of drug-likeness (QED) is 0.906. The molecule has 2 nitrogen and oxygen atoms in total. The number of rotatable bonds is 5. The van der Waals surface area contributed by atoms with Crippen LogP contribution < -0.4 is 10.5 Å². The minimum absolute atomic E-state index is 0.297. The Morgan fingerprint density at radius 2 is 1.81 bits per heavy atom. The second-order valence-corrected chi connectivity index (χ2v) is 6.00. The first-order valence-corrected chi connectivity index (χ1v) is 7.13. The summed E-state index contributed by atoms with van der Waals surface area (Å²) in [5, 5.41) is 0.544. The summed E-state index contributed by atoms with van der Waals surface area (Å²) in [5.74, 6) is 0.514. The summed E-state index contributed by atoms with van der Waals surface area (Å²) in [7, 11) is 1.63. The number of methoxy groups -OCH3 is 1. The number of ether oxygens (including phenoxy) is 1. The fourth-order valence-electron chi connectivity index (χ4n) is 2.39. The third kappa shape index (κ3) is 4.45. The molecule has 0 saturated heterocycles. The summed E-state index contributed by atoms with van der Waals surface area (Å²) in [6, 6.07) is 12.1. The van der Waals surface area contributed by atoms with Gasteiger partial charge < -0.3 is 10.5 Å². The van der Waals surface area contributed by atoms with Crippen LogP contribution in [0.25, 0.3) is 0 Å². The Hall–Kier alpha value is -1.58. The van der Waals surface area contributed by atoms with Crippen molar-refractivity contribution >= 4 is 11.6 Å². The van der Waals surface area contributed by atoms with Crippen LogP contribution in [0.4, 0.5) is 4.39 Å². The molecule has 0 aliphatic heterocycles. The zero-order valence-corrected chi connectivity index (χ0v) is 13.0. The molecule has 0 saturated carbocycles. The van der Waals surface area contributed by atoms with E-state index in [1.807, 2.05) is 31.2 Å². The molecule has 0 aliphatic carbocycles. The first-order chi connectivity index (χ1) is 9.89. The molecule has 2 N–H and O–H groups in total. The highest BCUT2D eigenvalue weighted by Crippen LogP contribution is 2.24. The lowest BCUT2D eigenvalue weighted by Crippen LogP contribution is -2.41. The number of halogens is 2. The Kier molecular flexibility index (Phi) is 4.86. The average molecular weight is 308 g/mol. The average Bonchev–Trinajstić information content (AvgIpc) is 2.43. The first kappa shape index (κ1) is 15.8. The third-order valence-corrected chi connectivity index (χ3v) is 3.74. The summed E-state index contributed by atoms with van der Waals surface area (Å²) < 4.78 is 18.5. The van der Waals surface area contributed by atoms with E-state index in [0.717, 1.165) is 16.9 Å². The van der Waals surface area contributed by atoms with Gasteiger partial charge in [-0.15, -0.1) is 0 Å². The molecule has 0 fully saturated rings. The molecule has 21 heavy (non-hydrogen) atoms. The van der Waals surface area contributed by atoms with Crippen molar-refractivity contribution in [1.82, 2.24) is 0 Å². The van der Waals surface area contributed by atoms with E-state index in [4.69, 9.17) is 22.1 Å². The van der Waals surface area contributed by atoms with E-state index in [9.17, 15) is 4.39 Å². The molecule has 2 aromatic rings. The lowest BCUT2D eigenvalue weighted by Gasteiger charge is -2.25. The number of hydrogen-bond donors (Lipinski definition) is 1. The van der Waals surface area contributed by atoms with Gasteiger partial charge in [-0.25, -0.2) is 4.39 Å². The van der Waals surface area contributed by atoms with Crippen LogP contribution in [0.15, 0.2) is 42.5 Å². The van der Waals surface area contributed by atoms with Crippen LogP contribution in [0.3, 0.4) is 0 Å². The molecule has 0 bridgehead atoms. The minimum atomic E-state index is -0.508. The van der Waals surface area contributed by atoms with Crippen LogP contribution in [0.2, 0.25) is 5.02 Å². The summed E-state index contributed by atoms with van der Waals surface area (Å²) in [4.78, 5) is 0. The molecule has 0 aromatic heterocycles. The Labute approximate surface area is 129 Å². The van der Waals surface area contributed by atoms with Crippen LogP contribution in [0.5, 0.6) is 5.75 Å². The van der Waals surface area contributed by atoms with E-state index in [0.29, 0.717) is 17.9 Å². The van der Waals surface area contributed by atoms with Crippen molar-refractivity contribution in [3.8, 4) is 5.75 Å². The predicted octanol–water partition coefficient (Wildman–Crippen LogP) is 3.99. The zero-order valence-electron chi connectivity index (χ0n) is 12.2. The Morgan fingerprint density at radius 3 is 2.43 bits per heavy atom. The van der Waals surface area contributed by atoms with Gasteiger partial charge in [-0.3, -0.25) is 0 Å². The van der Waals surface area contributed by atoms with E-state index in [1.54, 1.807) is 13.2 Å². The lowest BCUT2D eigenvalue weighted by molar-refractivity contribution is 0.414. The molecular formula is C17H19ClFNO. The second kappa shape index (κ2) is 6.46. The van der Waals surface area contributed by atoms with E-state index in [2.05, 4.69) is 0 Å². The predicted molar refractivity (Wildman–Crippen MR) is 84.4 cm³/mol. The molecular weight excluding hydrogens is 289 g/mol. The molecule has 2 aromatic carbocycles. The van der Waals surface area contributed by atoms with Crippen LogP contribution >= 0.6 is 11.6 Å². The van der Waals surface area contributed by atoms with Gasteiger partial charge in [0.2, 0.25) is 0 Å². The molecule has 0 heterocycles. The Balaban J connectivity index is 2.11. The fraction of sp³-hybridized carbons (Fsp3) is 0.294. The van der Waals surface area contributed by atoms with Gasteiger partial charge in [-0.1, -0.05) is 23.7 Å². The molecule has 4 heteroatoms. The van der Waals surface area contributed by atoms with Gasteiger partial charge in [-0.2, -0.15) is 0 Å². The van der Waals surface area contributed by atoms with Crippen molar-refractivity contribution in [1.29, 1.82) is 0 Å². The molecule has 0 spiro atoms. The van der Waals surface area contributed by atoms with Gasteiger partial charge in [0.25, 0.3) is 0 Å². The maximum atomic E-state index is 13.3. The number of nitrogens with two attached hydrogens (primary N) is 1. The monoisotopic (exact) mass is 307 g/mol. The van der Waals surface area contributed by atoms with Gasteiger partial charge in [0.1, 0.15) is 11.6 Å². The molecule has 0 amide bonds. The SMILES string of the molecule is COc1ccc(CC(C)(N)Cc2cc(F)ccc2Cl)cc1. The summed E-state index contributed by atoms with van der Waals surface area (Å²) in [6.45, 7) is 1.94. The summed E-state index contributed by atoms with van der Waals surface area (Å²) >= 11 is 6.11. The number of benzene rings is 2. The lowest BCUT2D eigenvalue weighted by atomic mass is 9.87. The highest BCUT2D eigenvalue weighted by molar-refractivity contribution is 6.31. The van der Waals surface area contributed by atoms with Crippen molar-refractivity contribution in [3.05, 3.63) is 64.4 Å². The van der Waals surface area contributed by atoms with E-state index < -0.39 is 5.54 Å². The largest absolute Gasteiger partial charge is 0.497 e. The maximum Gasteiger partial charge on any atom is 0.123 e. The summed E-state index contributed by atoms with van der Waals surface area (Å²) in [5.41, 5.74) is 7.69. The van der Waals surface area contributed by atoms with Crippen LogP contribution in [-0.2, 0) is 12.8 Å². The number of hydrogen-bond acceptors (Lipinski definition) is 2. The molecule has 2 rings (SSSR count). The van der Waals surface area contributed by atoms with Gasteiger partial charge in [-0.05, 0) is 61.2 Å². The highest BCUT2D eigenvalue weighted by Gasteiger charge is 2.21. The maximum absolute atomic E-state index is 13.3. The van der Waals surface area contributed by atoms with Crippen molar-refractivity contribution < 1.29 is 9.13 Å². The molecule has 1 atom stereocenters. The van der Waals surface area contributed by atoms with Crippen molar-refractivity contribution in [2.45, 2.75) is 25.3 Å². The van der Waals surface area contributed by atoms with E-state index >= 15 is 0 Å². The van der Waals surface area contributed by atoms with Gasteiger partial charge in [0.05, 0.1) is 7.11 Å². The van der Waals surface area contributed by atoms with Gasteiger partial charge in [0, 0.05) is 10.6 Å². The summed E-state index contributed by atoms with van der Waals surface area (Å²) in [6.07, 6.45) is 1.18. The Morgan fingerprint density at radius 1 is 1.14 bits per heavy atom. The Bertz CT molecular complexity index is 611. The third-order valence-electron chi connectivity index (χ3n) is 3.37. The fourth-order valence-corrected chi connectivity index (χ4v) is 2.57. The smallest absolute Gasteiger partial charge is 0.123 e. The van der Waals surface area contributed by atoms with Gasteiger partial charge in [0.15, 0.2) is 0 Å². The van der Waals surface area contributed by atoms with E-state index in [-0.39, 0.29) is 5.82 Å². The molecule has 0 aliphatic rings. The normalized spacial score (nSPS) is 13.8. The molecule has 112 valence electrons. The zero-order chi connectivity index (χ0) is 15.5. The second-order valence-electron chi connectivity index (χ2n) is 5.59. The van der Waals surface area contributed by atoms with Crippen molar-refractivity contribution in [3.63, 3.8) is 0 Å². The van der Waals surface area contributed by atoms with Crippen LogP contribution in [-0.4, -0.2) is 12.6 Å². The highest BCUT2D eigenvalue weighted by atomic mass is 35.5. The van der Waals surface area contributed by atoms with Crippen LogP contribution in [0.1, 0.15) is 18.1 Å². The van der Waals surface area contributed by atoms with Crippen molar-refractivity contribution in [2.75, 3.05) is 7.11 Å². The first-order valence-electron chi connectivity index (χ1n) is 6.75. The minimum Gasteiger partial charge on any atom is -0.497 e. The molecule has 1 unspecified atom stereocenters. The standard InChI is InChI=1S/C17H19ClFNO/c1-17(20,10-12-3-6-15(21-2)7-4-12)11-13-9-14(19)5-8-16(13)18/h3-9H,10-11,20H2,1-2H3. The van der Waals surface area contributed by atoms with Crippen molar-refractivity contribution in [2.24, 2.45) is 5.73 Å². The van der Waals surface area contributed by atoms with Crippen LogP contribution in [0, 0.1) is 5.82 Å². The van der Waals surface area contributed by atoms with E-state index in [1.165, 1.54) is 12.1 Å². The molecule has 0 radical (unpaired) electrons. The van der Waals surface area contributed by atoms with Gasteiger partial charge >= 0.3 is 0 Å².